The number of aryl methyl sites for hydroxylation is 1. The van der Waals surface area contributed by atoms with Gasteiger partial charge in [0.25, 0.3) is 0 Å². The SMILES string of the molecule is CCCn1ncc(OC)c1C(NC)C1CN(C)CCN1C. The Morgan fingerprint density at radius 2 is 2.19 bits per heavy atom. The first kappa shape index (κ1) is 16.3. The van der Waals surface area contributed by atoms with Crippen LogP contribution in [0.4, 0.5) is 0 Å². The highest BCUT2D eigenvalue weighted by molar-refractivity contribution is 5.30. The third-order valence-corrected chi connectivity index (χ3v) is 4.39. The van der Waals surface area contributed by atoms with Gasteiger partial charge in [-0.25, -0.2) is 0 Å². The van der Waals surface area contributed by atoms with E-state index in [1.54, 1.807) is 7.11 Å². The largest absolute Gasteiger partial charge is 0.493 e. The summed E-state index contributed by atoms with van der Waals surface area (Å²) in [5, 5.41) is 7.99. The van der Waals surface area contributed by atoms with Crippen LogP contribution in [-0.2, 0) is 6.54 Å². The molecule has 1 aliphatic rings. The fourth-order valence-corrected chi connectivity index (χ4v) is 3.15. The Kier molecular flexibility index (Phi) is 5.61. The maximum Gasteiger partial charge on any atom is 0.161 e. The minimum absolute atomic E-state index is 0.210. The van der Waals surface area contributed by atoms with E-state index >= 15 is 0 Å². The molecular weight excluding hydrogens is 266 g/mol. The molecule has 0 bridgehead atoms. The molecule has 0 aliphatic carbocycles. The molecule has 0 amide bonds. The van der Waals surface area contributed by atoms with Crippen molar-refractivity contribution in [3.05, 3.63) is 11.9 Å². The average molecular weight is 295 g/mol. The first-order valence-corrected chi connectivity index (χ1v) is 7.78. The summed E-state index contributed by atoms with van der Waals surface area (Å²) in [5.74, 6) is 0.879. The zero-order chi connectivity index (χ0) is 15.4. The number of rotatable bonds is 6. The van der Waals surface area contributed by atoms with Gasteiger partial charge in [0.2, 0.25) is 0 Å². The van der Waals surface area contributed by atoms with Gasteiger partial charge in [0, 0.05) is 32.2 Å². The van der Waals surface area contributed by atoms with Crippen molar-refractivity contribution in [1.82, 2.24) is 24.9 Å². The van der Waals surface area contributed by atoms with Crippen LogP contribution in [0.2, 0.25) is 0 Å². The predicted molar refractivity (Wildman–Crippen MR) is 84.8 cm³/mol. The van der Waals surface area contributed by atoms with Gasteiger partial charge in [-0.1, -0.05) is 6.92 Å². The first-order chi connectivity index (χ1) is 10.1. The molecule has 0 saturated carbocycles. The van der Waals surface area contributed by atoms with Crippen LogP contribution in [0, 0.1) is 0 Å². The van der Waals surface area contributed by atoms with Crippen molar-refractivity contribution in [3.63, 3.8) is 0 Å². The lowest BCUT2D eigenvalue weighted by Crippen LogP contribution is -2.55. The van der Waals surface area contributed by atoms with Gasteiger partial charge in [-0.05, 0) is 27.6 Å². The summed E-state index contributed by atoms with van der Waals surface area (Å²) >= 11 is 0. The Hall–Kier alpha value is -1.11. The Bertz CT molecular complexity index is 447. The van der Waals surface area contributed by atoms with Gasteiger partial charge in [0.1, 0.15) is 0 Å². The highest BCUT2D eigenvalue weighted by Crippen LogP contribution is 2.30. The van der Waals surface area contributed by atoms with E-state index in [2.05, 4.69) is 45.9 Å². The average Bonchev–Trinajstić information content (AvgIpc) is 2.87. The number of nitrogens with zero attached hydrogens (tertiary/aromatic N) is 4. The first-order valence-electron chi connectivity index (χ1n) is 7.78. The normalized spacial score (nSPS) is 22.4. The summed E-state index contributed by atoms with van der Waals surface area (Å²) in [6.07, 6.45) is 2.90. The van der Waals surface area contributed by atoms with E-state index in [-0.39, 0.29) is 6.04 Å². The molecule has 6 nitrogen and oxygen atoms in total. The molecule has 6 heteroatoms. The van der Waals surface area contributed by atoms with Crippen molar-refractivity contribution in [3.8, 4) is 5.75 Å². The molecule has 2 unspecified atom stereocenters. The lowest BCUT2D eigenvalue weighted by Gasteiger charge is -2.42. The summed E-state index contributed by atoms with van der Waals surface area (Å²) in [6, 6.07) is 0.622. The van der Waals surface area contributed by atoms with Crippen molar-refractivity contribution in [2.75, 3.05) is 47.9 Å². The van der Waals surface area contributed by atoms with Crippen LogP contribution in [0.5, 0.6) is 5.75 Å². The lowest BCUT2D eigenvalue weighted by atomic mass is 10.00. The van der Waals surface area contributed by atoms with Crippen molar-refractivity contribution in [2.45, 2.75) is 32.0 Å². The number of likely N-dealkylation sites (N-methyl/N-ethyl adjacent to an activating group) is 3. The molecule has 21 heavy (non-hydrogen) atoms. The van der Waals surface area contributed by atoms with Gasteiger partial charge in [-0.3, -0.25) is 9.58 Å². The molecule has 1 fully saturated rings. The molecule has 1 N–H and O–H groups in total. The highest BCUT2D eigenvalue weighted by atomic mass is 16.5. The Morgan fingerprint density at radius 1 is 1.43 bits per heavy atom. The second-order valence-corrected chi connectivity index (χ2v) is 5.90. The van der Waals surface area contributed by atoms with Crippen molar-refractivity contribution in [2.24, 2.45) is 0 Å². The Morgan fingerprint density at radius 3 is 2.81 bits per heavy atom. The van der Waals surface area contributed by atoms with Crippen LogP contribution in [0.1, 0.15) is 25.1 Å². The number of hydrogen-bond donors (Lipinski definition) is 1. The topological polar surface area (TPSA) is 45.6 Å². The van der Waals surface area contributed by atoms with Gasteiger partial charge in [-0.2, -0.15) is 5.10 Å². The van der Waals surface area contributed by atoms with E-state index in [0.29, 0.717) is 6.04 Å². The molecular formula is C15H29N5O. The van der Waals surface area contributed by atoms with E-state index in [9.17, 15) is 0 Å². The third-order valence-electron chi connectivity index (χ3n) is 4.39. The van der Waals surface area contributed by atoms with E-state index in [0.717, 1.165) is 44.0 Å². The summed E-state index contributed by atoms with van der Waals surface area (Å²) in [6.45, 7) is 6.34. The molecule has 120 valence electrons. The lowest BCUT2D eigenvalue weighted by molar-refractivity contribution is 0.0865. The van der Waals surface area contributed by atoms with Gasteiger partial charge >= 0.3 is 0 Å². The van der Waals surface area contributed by atoms with Crippen LogP contribution in [0.3, 0.4) is 0 Å². The number of methoxy groups -OCH3 is 1. The molecule has 1 aliphatic heterocycles. The molecule has 2 rings (SSSR count). The molecule has 1 saturated heterocycles. The maximum atomic E-state index is 5.55. The third kappa shape index (κ3) is 3.39. The number of piperazine rings is 1. The number of hydrogen-bond acceptors (Lipinski definition) is 5. The molecule has 2 atom stereocenters. The second kappa shape index (κ2) is 7.24. The second-order valence-electron chi connectivity index (χ2n) is 5.90. The van der Waals surface area contributed by atoms with Crippen molar-refractivity contribution in [1.29, 1.82) is 0 Å². The van der Waals surface area contributed by atoms with E-state index < -0.39 is 0 Å². The molecule has 2 heterocycles. The molecule has 0 spiro atoms. The van der Waals surface area contributed by atoms with Gasteiger partial charge in [0.05, 0.1) is 25.0 Å². The van der Waals surface area contributed by atoms with Crippen molar-refractivity contribution >= 4 is 0 Å². The van der Waals surface area contributed by atoms with Crippen molar-refractivity contribution < 1.29 is 4.74 Å². The minimum Gasteiger partial charge on any atom is -0.493 e. The minimum atomic E-state index is 0.210. The molecule has 0 aromatic carbocycles. The highest BCUT2D eigenvalue weighted by Gasteiger charge is 2.33. The van der Waals surface area contributed by atoms with Crippen LogP contribution in [0.25, 0.3) is 0 Å². The van der Waals surface area contributed by atoms with E-state index in [1.165, 1.54) is 0 Å². The molecule has 0 radical (unpaired) electrons. The quantitative estimate of drug-likeness (QED) is 0.841. The summed E-state index contributed by atoms with van der Waals surface area (Å²) in [4.78, 5) is 4.83. The summed E-state index contributed by atoms with van der Waals surface area (Å²) in [5.41, 5.74) is 1.16. The van der Waals surface area contributed by atoms with E-state index in [1.807, 2.05) is 13.2 Å². The van der Waals surface area contributed by atoms with E-state index in [4.69, 9.17) is 4.74 Å². The summed E-state index contributed by atoms with van der Waals surface area (Å²) < 4.78 is 7.64. The number of ether oxygens (including phenoxy) is 1. The maximum absolute atomic E-state index is 5.55. The zero-order valence-electron chi connectivity index (χ0n) is 14.0. The Labute approximate surface area is 128 Å². The van der Waals surface area contributed by atoms with Crippen LogP contribution in [-0.4, -0.2) is 73.5 Å². The zero-order valence-corrected chi connectivity index (χ0v) is 14.0. The van der Waals surface area contributed by atoms with Crippen LogP contribution >= 0.6 is 0 Å². The smallest absolute Gasteiger partial charge is 0.161 e. The number of aromatic nitrogens is 2. The van der Waals surface area contributed by atoms with Gasteiger partial charge < -0.3 is 15.0 Å². The van der Waals surface area contributed by atoms with Gasteiger partial charge in [0.15, 0.2) is 5.75 Å². The summed E-state index contributed by atoms with van der Waals surface area (Å²) in [7, 11) is 8.14. The van der Waals surface area contributed by atoms with Crippen LogP contribution < -0.4 is 10.1 Å². The molecule has 1 aromatic rings. The Balaban J connectivity index is 2.33. The van der Waals surface area contributed by atoms with Gasteiger partial charge in [-0.15, -0.1) is 0 Å². The van der Waals surface area contributed by atoms with Crippen LogP contribution in [0.15, 0.2) is 6.20 Å². The molecule has 1 aromatic heterocycles. The fraction of sp³-hybridized carbons (Fsp3) is 0.800. The fourth-order valence-electron chi connectivity index (χ4n) is 3.15. The number of nitrogens with one attached hydrogen (secondary N) is 1. The standard InChI is InChI=1S/C15H29N5O/c1-6-7-20-15(13(21-5)10-17-20)14(16-2)12-11-18(3)8-9-19(12)4/h10,12,14,16H,6-9,11H2,1-5H3. The predicted octanol–water partition coefficient (Wildman–Crippen LogP) is 0.808. The monoisotopic (exact) mass is 295 g/mol.